The van der Waals surface area contributed by atoms with E-state index >= 15 is 0 Å². The number of para-hydroxylation sites is 4. The van der Waals surface area contributed by atoms with Crippen molar-refractivity contribution >= 4 is 11.4 Å². The van der Waals surface area contributed by atoms with Crippen LogP contribution >= 0.6 is 0 Å². The first-order valence-electron chi connectivity index (χ1n) is 32.3. The van der Waals surface area contributed by atoms with Gasteiger partial charge in [0.2, 0.25) is 0 Å². The third kappa shape index (κ3) is 20.0. The maximum atomic E-state index is 6.42. The Morgan fingerprint density at radius 2 is 0.686 bits per heavy atom. The van der Waals surface area contributed by atoms with Crippen molar-refractivity contribution in [3.05, 3.63) is 170 Å². The van der Waals surface area contributed by atoms with Crippen molar-refractivity contribution in [2.75, 3.05) is 77.1 Å². The van der Waals surface area contributed by atoms with Gasteiger partial charge >= 0.3 is 0 Å². The number of aromatic nitrogens is 2. The van der Waals surface area contributed by atoms with Crippen LogP contribution in [0.5, 0.6) is 23.0 Å². The minimum Gasteiger partial charge on any atom is -0.496 e. The van der Waals surface area contributed by atoms with Gasteiger partial charge in [0.05, 0.1) is 56.8 Å². The van der Waals surface area contributed by atoms with Crippen LogP contribution in [0.1, 0.15) is 137 Å². The monoisotopic (exact) mass is 1160 g/mol. The normalized spacial score (nSPS) is 11.0. The van der Waals surface area contributed by atoms with Crippen molar-refractivity contribution in [2.45, 2.75) is 137 Å². The first-order valence-corrected chi connectivity index (χ1v) is 32.3. The van der Waals surface area contributed by atoms with Crippen LogP contribution < -0.4 is 28.7 Å². The molecule has 0 aliphatic heterocycles. The van der Waals surface area contributed by atoms with Crippen LogP contribution in [0.25, 0.3) is 67.3 Å². The van der Waals surface area contributed by atoms with Gasteiger partial charge in [-0.2, -0.15) is 0 Å². The second-order valence-corrected chi connectivity index (χ2v) is 22.3. The molecule has 0 spiro atoms. The average molecular weight is 1160 g/mol. The van der Waals surface area contributed by atoms with Gasteiger partial charge in [0.15, 0.2) is 0 Å². The van der Waals surface area contributed by atoms with Gasteiger partial charge in [-0.3, -0.25) is 0 Å². The molecule has 0 radical (unpaired) electrons. The number of ether oxygens (including phenoxy) is 5. The lowest BCUT2D eigenvalue weighted by Gasteiger charge is -2.25. The van der Waals surface area contributed by atoms with Crippen molar-refractivity contribution in [1.82, 2.24) is 9.97 Å². The highest BCUT2D eigenvalue weighted by molar-refractivity contribution is 5.82. The molecule has 6 aromatic carbocycles. The number of methoxy groups -OCH3 is 2. The summed E-state index contributed by atoms with van der Waals surface area (Å²) in [6, 6.07) is 59.2. The predicted octanol–water partition coefficient (Wildman–Crippen LogP) is 20.5. The zero-order valence-corrected chi connectivity index (χ0v) is 53.3. The number of likely N-dealkylation sites (N-methyl/N-ethyl adjacent to an activating group) is 1. The van der Waals surface area contributed by atoms with E-state index < -0.39 is 0 Å². The maximum Gasteiger partial charge on any atom is 0.128 e. The fourth-order valence-corrected chi connectivity index (χ4v) is 10.7. The van der Waals surface area contributed by atoms with E-state index in [4.69, 9.17) is 33.7 Å². The second-order valence-electron chi connectivity index (χ2n) is 22.3. The highest BCUT2D eigenvalue weighted by Crippen LogP contribution is 2.40. The molecule has 2 heterocycles. The number of benzene rings is 6. The fourth-order valence-electron chi connectivity index (χ4n) is 10.7. The van der Waals surface area contributed by atoms with Crippen molar-refractivity contribution in [1.29, 1.82) is 0 Å². The summed E-state index contributed by atoms with van der Waals surface area (Å²) >= 11 is 0. The summed E-state index contributed by atoms with van der Waals surface area (Å²) in [5, 5.41) is 0. The molecular weight excluding hydrogens is 1060 g/mol. The Morgan fingerprint density at radius 3 is 1.07 bits per heavy atom. The molecule has 0 atom stereocenters. The Balaban J connectivity index is 0.000000255. The molecule has 9 heteroatoms. The number of hydrogen-bond acceptors (Lipinski definition) is 9. The highest BCUT2D eigenvalue weighted by atomic mass is 16.5. The number of rotatable bonds is 36. The Kier molecular flexibility index (Phi) is 28.4. The minimum absolute atomic E-state index is 0.711. The maximum absolute atomic E-state index is 6.42. The molecule has 8 rings (SSSR count). The van der Waals surface area contributed by atoms with Gasteiger partial charge in [-0.25, -0.2) is 9.97 Å². The number of hydrogen-bond donors (Lipinski definition) is 0. The minimum atomic E-state index is 0.711. The van der Waals surface area contributed by atoms with Gasteiger partial charge in [0.1, 0.15) is 23.0 Å². The molecule has 0 amide bonds. The van der Waals surface area contributed by atoms with E-state index in [1.807, 2.05) is 43.3 Å². The van der Waals surface area contributed by atoms with Gasteiger partial charge in [-0.15, -0.1) is 0 Å². The number of pyridine rings is 2. The summed E-state index contributed by atoms with van der Waals surface area (Å²) in [7, 11) is 5.51. The Bertz CT molecular complexity index is 3040. The van der Waals surface area contributed by atoms with E-state index in [1.165, 1.54) is 101 Å². The molecule has 2 aromatic heterocycles. The SMILES string of the molecule is CCCCCCCCOc1ccccc1-c1cc(-c2ccc(N(C)CCOCC)cc2)cc(-c2ccccc2OCCCCCCCC)n1.CCCCN(CCCC)c1ccc(-c2cc(-c3ccccc3OC)nc(-c3ccccc3OC)c2)cc1. The first-order chi connectivity index (χ1) is 42.3. The van der Waals surface area contributed by atoms with Crippen molar-refractivity contribution in [3.8, 4) is 90.3 Å². The van der Waals surface area contributed by atoms with E-state index in [0.29, 0.717) is 19.8 Å². The molecule has 9 nitrogen and oxygen atoms in total. The molecule has 0 saturated carbocycles. The van der Waals surface area contributed by atoms with Gasteiger partial charge in [-0.1, -0.05) is 178 Å². The van der Waals surface area contributed by atoms with E-state index in [1.54, 1.807) is 14.2 Å². The zero-order valence-electron chi connectivity index (χ0n) is 53.3. The number of nitrogens with zero attached hydrogens (tertiary/aromatic N) is 4. The summed E-state index contributed by atoms with van der Waals surface area (Å²) in [4.78, 5) is 15.1. The summed E-state index contributed by atoms with van der Waals surface area (Å²) < 4.78 is 29.8. The third-order valence-electron chi connectivity index (χ3n) is 15.8. The van der Waals surface area contributed by atoms with Crippen LogP contribution in [0, 0.1) is 0 Å². The molecule has 456 valence electrons. The molecule has 0 aliphatic rings. The molecule has 0 saturated heterocycles. The van der Waals surface area contributed by atoms with Crippen LogP contribution in [0.15, 0.2) is 170 Å². The lowest BCUT2D eigenvalue weighted by Crippen LogP contribution is -2.25. The molecule has 8 aromatic rings. The highest BCUT2D eigenvalue weighted by Gasteiger charge is 2.18. The quantitative estimate of drug-likeness (QED) is 0.0357. The molecule has 0 unspecified atom stereocenters. The summed E-state index contributed by atoms with van der Waals surface area (Å²) in [6.45, 7) is 17.0. The van der Waals surface area contributed by atoms with Crippen LogP contribution in [0.3, 0.4) is 0 Å². The van der Waals surface area contributed by atoms with E-state index in [0.717, 1.165) is 129 Å². The number of anilines is 2. The van der Waals surface area contributed by atoms with Crippen molar-refractivity contribution in [2.24, 2.45) is 0 Å². The fraction of sp³-hybridized carbons (Fsp3) is 0.403. The van der Waals surface area contributed by atoms with Gasteiger partial charge in [0, 0.05) is 66.9 Å². The van der Waals surface area contributed by atoms with E-state index in [9.17, 15) is 0 Å². The molecule has 0 bridgehead atoms. The third-order valence-corrected chi connectivity index (χ3v) is 15.8. The topological polar surface area (TPSA) is 78.4 Å². The molecule has 0 aliphatic carbocycles. The number of unbranched alkanes of at least 4 members (excludes halogenated alkanes) is 12. The molecule has 86 heavy (non-hydrogen) atoms. The standard InChI is InChI=1S/C44H60N2O3.C33H38N2O2/c1-5-8-10-12-14-20-31-48-43-24-18-16-22-39(43)41-34-37(36-26-28-38(29-27-36)46(4)30-33-47-7-3)35-42(45-41)40-23-17-19-25-44(40)49-32-21-15-13-11-9-6-2;1-5-7-21-35(22-8-6-2)27-19-17-25(18-20-27)26-23-30(28-13-9-11-15-32(28)36-3)34-31(24-26)29-14-10-12-16-33(29)37-4/h16-19,22-29,34-35H,5-15,20-21,30-33H2,1-4H3;9-20,23-24H,5-8,21-22H2,1-4H3. The smallest absolute Gasteiger partial charge is 0.128 e. The molecular formula is C77H98N4O5. The summed E-state index contributed by atoms with van der Waals surface area (Å²) in [6.07, 6.45) is 19.7. The van der Waals surface area contributed by atoms with Crippen LogP contribution in [0.2, 0.25) is 0 Å². The molecule has 0 fully saturated rings. The Hall–Kier alpha value is -7.62. The summed E-state index contributed by atoms with van der Waals surface area (Å²) in [5.74, 6) is 3.36. The predicted molar refractivity (Wildman–Crippen MR) is 364 cm³/mol. The molecule has 0 N–H and O–H groups in total. The van der Waals surface area contributed by atoms with Crippen LogP contribution in [0.4, 0.5) is 11.4 Å². The van der Waals surface area contributed by atoms with Crippen LogP contribution in [-0.2, 0) is 4.74 Å². The van der Waals surface area contributed by atoms with Crippen LogP contribution in [-0.4, -0.2) is 77.3 Å². The van der Waals surface area contributed by atoms with Gasteiger partial charge < -0.3 is 33.5 Å². The Morgan fingerprint density at radius 1 is 0.337 bits per heavy atom. The second kappa shape index (κ2) is 37.1. The summed E-state index contributed by atoms with van der Waals surface area (Å²) in [5.41, 5.74) is 14.4. The van der Waals surface area contributed by atoms with E-state index in [-0.39, 0.29) is 0 Å². The zero-order chi connectivity index (χ0) is 60.6. The lowest BCUT2D eigenvalue weighted by atomic mass is 9.99. The van der Waals surface area contributed by atoms with Gasteiger partial charge in [-0.05, 0) is 152 Å². The largest absolute Gasteiger partial charge is 0.496 e. The average Bonchev–Trinajstić information content (AvgIpc) is 1.39. The van der Waals surface area contributed by atoms with E-state index in [2.05, 4.69) is 178 Å². The Labute approximate surface area is 517 Å². The lowest BCUT2D eigenvalue weighted by molar-refractivity contribution is 0.154. The van der Waals surface area contributed by atoms with Crippen molar-refractivity contribution < 1.29 is 23.7 Å². The first kappa shape index (κ1) is 65.9. The van der Waals surface area contributed by atoms with Crippen molar-refractivity contribution in [3.63, 3.8) is 0 Å². The van der Waals surface area contributed by atoms with Gasteiger partial charge in [0.25, 0.3) is 0 Å².